The fourth-order valence-corrected chi connectivity index (χ4v) is 5.35. The second kappa shape index (κ2) is 6.04. The average Bonchev–Trinajstić information content (AvgIpc) is 3.11. The molecule has 4 nitrogen and oxygen atoms in total. The summed E-state index contributed by atoms with van der Waals surface area (Å²) in [7, 11) is -3.34. The third-order valence-corrected chi connectivity index (χ3v) is 6.54. The molecule has 2 heterocycles. The standard InChI is InChI=1S/C14H15ClN2O2S2/c15-12-5-3-11(4-6-12)10-21(18,19)17-8-1-2-13(17)14-16-7-9-20-14/h3-7,9,13H,1-2,8,10H2. The van der Waals surface area contributed by atoms with Crippen molar-refractivity contribution in [3.05, 3.63) is 51.4 Å². The summed E-state index contributed by atoms with van der Waals surface area (Å²) in [6, 6.07) is 6.84. The van der Waals surface area contributed by atoms with E-state index in [-0.39, 0.29) is 11.8 Å². The topological polar surface area (TPSA) is 50.3 Å². The molecule has 1 fully saturated rings. The monoisotopic (exact) mass is 342 g/mol. The van der Waals surface area contributed by atoms with Crippen molar-refractivity contribution in [1.82, 2.24) is 9.29 Å². The van der Waals surface area contributed by atoms with Crippen LogP contribution < -0.4 is 0 Å². The smallest absolute Gasteiger partial charge is 0.218 e. The van der Waals surface area contributed by atoms with Crippen LogP contribution >= 0.6 is 22.9 Å². The fraction of sp³-hybridized carbons (Fsp3) is 0.357. The Hall–Kier alpha value is -0.950. The van der Waals surface area contributed by atoms with Gasteiger partial charge in [-0.15, -0.1) is 11.3 Å². The van der Waals surface area contributed by atoms with Crippen molar-refractivity contribution < 1.29 is 8.42 Å². The molecule has 1 unspecified atom stereocenters. The first kappa shape index (κ1) is 15.0. The summed E-state index contributed by atoms with van der Waals surface area (Å²) in [4.78, 5) is 4.28. The van der Waals surface area contributed by atoms with Gasteiger partial charge in [0.05, 0.1) is 11.8 Å². The maximum Gasteiger partial charge on any atom is 0.218 e. The molecule has 0 bridgehead atoms. The van der Waals surface area contributed by atoms with Crippen molar-refractivity contribution in [2.45, 2.75) is 24.6 Å². The Kier molecular flexibility index (Phi) is 4.31. The third-order valence-electron chi connectivity index (χ3n) is 3.56. The van der Waals surface area contributed by atoms with E-state index in [0.717, 1.165) is 23.4 Å². The highest BCUT2D eigenvalue weighted by Crippen LogP contribution is 2.36. The minimum atomic E-state index is -3.34. The molecule has 112 valence electrons. The number of thiazole rings is 1. The Morgan fingerprint density at radius 3 is 2.76 bits per heavy atom. The number of halogens is 1. The summed E-state index contributed by atoms with van der Waals surface area (Å²) in [6.45, 7) is 0.570. The van der Waals surface area contributed by atoms with Crippen molar-refractivity contribution in [3.63, 3.8) is 0 Å². The molecule has 21 heavy (non-hydrogen) atoms. The Morgan fingerprint density at radius 1 is 1.33 bits per heavy atom. The maximum atomic E-state index is 12.7. The molecule has 0 spiro atoms. The van der Waals surface area contributed by atoms with Crippen molar-refractivity contribution >= 4 is 33.0 Å². The molecular formula is C14H15ClN2O2S2. The third kappa shape index (κ3) is 3.29. The van der Waals surface area contributed by atoms with Gasteiger partial charge >= 0.3 is 0 Å². The number of sulfonamides is 1. The quantitative estimate of drug-likeness (QED) is 0.855. The highest BCUT2D eigenvalue weighted by molar-refractivity contribution is 7.88. The molecule has 3 rings (SSSR count). The Bertz CT molecular complexity index is 699. The van der Waals surface area contributed by atoms with E-state index < -0.39 is 10.0 Å². The Morgan fingerprint density at radius 2 is 2.10 bits per heavy atom. The first-order chi connectivity index (χ1) is 10.1. The van der Waals surface area contributed by atoms with Gasteiger partial charge in [0.15, 0.2) is 0 Å². The number of hydrogen-bond acceptors (Lipinski definition) is 4. The molecule has 2 aromatic rings. The van der Waals surface area contributed by atoms with Crippen LogP contribution in [0.4, 0.5) is 0 Å². The van der Waals surface area contributed by atoms with Crippen LogP contribution in [-0.2, 0) is 15.8 Å². The molecule has 0 saturated carbocycles. The van der Waals surface area contributed by atoms with Crippen molar-refractivity contribution in [3.8, 4) is 0 Å². The largest absolute Gasteiger partial charge is 0.248 e. The van der Waals surface area contributed by atoms with Crippen molar-refractivity contribution in [2.24, 2.45) is 0 Å². The lowest BCUT2D eigenvalue weighted by Crippen LogP contribution is -2.31. The Balaban J connectivity index is 1.82. The van der Waals surface area contributed by atoms with Gasteiger partial charge in [0, 0.05) is 23.1 Å². The molecule has 1 aromatic carbocycles. The van der Waals surface area contributed by atoms with Crippen LogP contribution in [0.2, 0.25) is 5.02 Å². The van der Waals surface area contributed by atoms with Gasteiger partial charge < -0.3 is 0 Å². The second-order valence-electron chi connectivity index (χ2n) is 5.02. The zero-order chi connectivity index (χ0) is 14.9. The summed E-state index contributed by atoms with van der Waals surface area (Å²) in [5.74, 6) is 0.00600. The summed E-state index contributed by atoms with van der Waals surface area (Å²) < 4.78 is 26.9. The fourth-order valence-electron chi connectivity index (χ4n) is 2.59. The molecule has 0 amide bonds. The SMILES string of the molecule is O=S(=O)(Cc1ccc(Cl)cc1)N1CCCC1c1nccs1. The zero-order valence-electron chi connectivity index (χ0n) is 11.3. The van der Waals surface area contributed by atoms with E-state index in [4.69, 9.17) is 11.6 Å². The number of nitrogens with zero attached hydrogens (tertiary/aromatic N) is 2. The molecule has 1 aliphatic heterocycles. The minimum Gasteiger partial charge on any atom is -0.248 e. The Labute approximate surface area is 133 Å². The lowest BCUT2D eigenvalue weighted by molar-refractivity contribution is 0.395. The van der Waals surface area contributed by atoms with Crippen LogP contribution in [0.5, 0.6) is 0 Å². The van der Waals surface area contributed by atoms with Gasteiger partial charge in [0.1, 0.15) is 5.01 Å². The van der Waals surface area contributed by atoms with E-state index in [0.29, 0.717) is 11.6 Å². The molecule has 0 N–H and O–H groups in total. The summed E-state index contributed by atoms with van der Waals surface area (Å²) >= 11 is 7.35. The predicted molar refractivity (Wildman–Crippen MR) is 84.9 cm³/mol. The van der Waals surface area contributed by atoms with Crippen LogP contribution in [-0.4, -0.2) is 24.3 Å². The van der Waals surface area contributed by atoms with Gasteiger partial charge in [-0.25, -0.2) is 13.4 Å². The maximum absolute atomic E-state index is 12.7. The van der Waals surface area contributed by atoms with E-state index >= 15 is 0 Å². The lowest BCUT2D eigenvalue weighted by Gasteiger charge is -2.22. The van der Waals surface area contributed by atoms with E-state index in [1.54, 1.807) is 34.8 Å². The van der Waals surface area contributed by atoms with E-state index in [1.165, 1.54) is 11.3 Å². The summed E-state index contributed by atoms with van der Waals surface area (Å²) in [5.41, 5.74) is 0.754. The highest BCUT2D eigenvalue weighted by atomic mass is 35.5. The van der Waals surface area contributed by atoms with Gasteiger partial charge in [0.25, 0.3) is 0 Å². The van der Waals surface area contributed by atoms with Gasteiger partial charge in [-0.1, -0.05) is 23.7 Å². The highest BCUT2D eigenvalue weighted by Gasteiger charge is 2.36. The molecule has 1 atom stereocenters. The molecule has 1 saturated heterocycles. The first-order valence-corrected chi connectivity index (χ1v) is 9.56. The van der Waals surface area contributed by atoms with E-state index in [2.05, 4.69) is 4.98 Å². The number of rotatable bonds is 4. The van der Waals surface area contributed by atoms with Crippen LogP contribution in [0, 0.1) is 0 Å². The van der Waals surface area contributed by atoms with Crippen molar-refractivity contribution in [1.29, 1.82) is 0 Å². The number of aromatic nitrogens is 1. The van der Waals surface area contributed by atoms with Crippen molar-refractivity contribution in [2.75, 3.05) is 6.54 Å². The van der Waals surface area contributed by atoms with Crippen LogP contribution in [0.25, 0.3) is 0 Å². The number of hydrogen-bond donors (Lipinski definition) is 0. The van der Waals surface area contributed by atoms with Crippen LogP contribution in [0.3, 0.4) is 0 Å². The van der Waals surface area contributed by atoms with Gasteiger partial charge in [-0.2, -0.15) is 4.31 Å². The van der Waals surface area contributed by atoms with Crippen LogP contribution in [0.1, 0.15) is 29.5 Å². The molecule has 0 aliphatic carbocycles. The minimum absolute atomic E-state index is 0.00600. The van der Waals surface area contributed by atoms with E-state index in [1.807, 2.05) is 5.38 Å². The van der Waals surface area contributed by atoms with Gasteiger partial charge in [-0.05, 0) is 30.5 Å². The van der Waals surface area contributed by atoms with Gasteiger partial charge in [0.2, 0.25) is 10.0 Å². The predicted octanol–water partition coefficient (Wildman–Crippen LogP) is 3.46. The zero-order valence-corrected chi connectivity index (χ0v) is 13.7. The molecule has 1 aliphatic rings. The molecule has 7 heteroatoms. The molecular weight excluding hydrogens is 328 g/mol. The summed E-state index contributed by atoms with van der Waals surface area (Å²) in [5, 5.41) is 3.38. The number of benzene rings is 1. The average molecular weight is 343 g/mol. The normalized spacial score (nSPS) is 20.0. The first-order valence-electron chi connectivity index (χ1n) is 6.69. The summed E-state index contributed by atoms with van der Waals surface area (Å²) in [6.07, 6.45) is 3.44. The lowest BCUT2D eigenvalue weighted by atomic mass is 10.2. The van der Waals surface area contributed by atoms with E-state index in [9.17, 15) is 8.42 Å². The molecule has 1 aromatic heterocycles. The van der Waals surface area contributed by atoms with Gasteiger partial charge in [-0.3, -0.25) is 0 Å². The van der Waals surface area contributed by atoms with Crippen LogP contribution in [0.15, 0.2) is 35.8 Å². The molecule has 0 radical (unpaired) electrons. The second-order valence-corrected chi connectivity index (χ2v) is 8.31.